The molecule has 0 saturated carbocycles. The largest absolute Gasteiger partial charge is 0.501 e. The van der Waals surface area contributed by atoms with Gasteiger partial charge in [-0.3, -0.25) is 43.9 Å². The Kier molecular flexibility index (Phi) is 23.1. The predicted molar refractivity (Wildman–Crippen MR) is 345 cm³/mol. The van der Waals surface area contributed by atoms with Gasteiger partial charge in [0.05, 0.1) is 27.4 Å². The monoisotopic (exact) mass is 1350 g/mol. The molecule has 2 atom stereocenters. The smallest absolute Gasteiger partial charge is 0.380 e. The number of hydrogen-bond donors (Lipinski definition) is 4. The summed E-state index contributed by atoms with van der Waals surface area (Å²) in [5.74, 6) is -3.72. The number of piperidine rings is 1. The van der Waals surface area contributed by atoms with E-state index < -0.39 is 88.9 Å². The fourth-order valence-electron chi connectivity index (χ4n) is 12.5. The van der Waals surface area contributed by atoms with E-state index in [9.17, 15) is 67.6 Å². The number of amides is 6. The number of carbonyl (C=O) groups is 6. The SMILES string of the molecule is C=C(CCC(F)F)C1=C(CN2CCN(c3ccc(C(=O)NS(=O)(=O)c4ccc(N[C@H](CCN5CCN(CCCCCCC(=O)Nc6cccc7c6C(=O)N(C6CCC(=O)NC6=O)C7=O)CC5)CSc5ccccc5)c(S(=O)(=O)C(F)(F)F)c4)cc3)CC2)CCC(C)(C)C1. The summed E-state index contributed by atoms with van der Waals surface area (Å²) in [7, 11) is -11.1. The number of nitrogens with one attached hydrogen (secondary N) is 4. The van der Waals surface area contributed by atoms with Gasteiger partial charge in [-0.15, -0.1) is 11.8 Å². The van der Waals surface area contributed by atoms with Gasteiger partial charge in [0.15, 0.2) is 0 Å². The Morgan fingerprint density at radius 1 is 0.753 bits per heavy atom. The first-order valence-electron chi connectivity index (χ1n) is 31.5. The summed E-state index contributed by atoms with van der Waals surface area (Å²) in [6, 6.07) is 20.6. The molecule has 1 aliphatic carbocycles. The van der Waals surface area contributed by atoms with E-state index in [4.69, 9.17) is 0 Å². The van der Waals surface area contributed by atoms with Crippen LogP contribution < -0.4 is 25.6 Å². The molecule has 4 aromatic rings. The summed E-state index contributed by atoms with van der Waals surface area (Å²) >= 11 is 1.41. The van der Waals surface area contributed by atoms with Gasteiger partial charge in [-0.25, -0.2) is 30.3 Å². The number of unbranched alkanes of at least 4 members (excludes halogenated alkanes) is 3. The summed E-state index contributed by atoms with van der Waals surface area (Å²) in [5.41, 5.74) is -2.17. The van der Waals surface area contributed by atoms with E-state index in [1.807, 2.05) is 35.1 Å². The van der Waals surface area contributed by atoms with Crippen LogP contribution in [0.25, 0.3) is 0 Å². The third-order valence-electron chi connectivity index (χ3n) is 17.8. The molecule has 3 saturated heterocycles. The standard InChI is InChI=1S/C66H80F5N9O10S3/c1-44(17-25-57(67)68)52-41-65(2,3)29-27-46(52)42-78-36-38-79(39-37-78)48-20-18-45(19-21-48)61(83)75-93(89,90)50-22-23-53(56(40-50)92(87,88)66(69,70)71)72-47(43-91-49-12-7-6-8-13-49)28-31-77-34-32-76(33-35-77)30-10-5-4-9-16-58(81)73-54-15-11-14-51-60(54)64(86)80(63(51)85)55-24-26-59(82)74-62(55)84/h6-8,11-15,18-23,40,47,55,57,72H,1,4-5,9-10,16-17,24-39,41-43H2,2-3H3,(H,73,81)(H,75,83)(H,74,82,84)/t47-,55?/m1/s1. The molecule has 4 heterocycles. The van der Waals surface area contributed by atoms with Gasteiger partial charge in [-0.1, -0.05) is 68.7 Å². The highest BCUT2D eigenvalue weighted by molar-refractivity contribution is 7.99. The minimum Gasteiger partial charge on any atom is -0.380 e. The number of imide groups is 2. The molecule has 4 aliphatic heterocycles. The van der Waals surface area contributed by atoms with Crippen LogP contribution in [-0.2, 0) is 34.2 Å². The number of fused-ring (bicyclic) bond motifs is 1. The van der Waals surface area contributed by atoms with Gasteiger partial charge in [0.25, 0.3) is 37.6 Å². The van der Waals surface area contributed by atoms with Crippen LogP contribution in [0.3, 0.4) is 0 Å². The molecule has 93 heavy (non-hydrogen) atoms. The van der Waals surface area contributed by atoms with Crippen molar-refractivity contribution in [2.45, 2.75) is 136 Å². The number of sulfonamides is 1. The van der Waals surface area contributed by atoms with Crippen LogP contribution in [0, 0.1) is 5.41 Å². The third kappa shape index (κ3) is 18.1. The fourth-order valence-corrected chi connectivity index (χ4v) is 15.5. The number of anilines is 3. The van der Waals surface area contributed by atoms with Crippen LogP contribution in [0.4, 0.5) is 39.0 Å². The van der Waals surface area contributed by atoms with Crippen molar-refractivity contribution in [3.05, 3.63) is 131 Å². The topological polar surface area (TPSA) is 235 Å². The molecule has 5 aliphatic rings. The fraction of sp³-hybridized carbons (Fsp3) is 0.485. The van der Waals surface area contributed by atoms with Crippen LogP contribution in [0.1, 0.15) is 128 Å². The number of rotatable bonds is 28. The molecule has 4 N–H and O–H groups in total. The summed E-state index contributed by atoms with van der Waals surface area (Å²) < 4.78 is 126. The Hall–Kier alpha value is -7.04. The third-order valence-corrected chi connectivity index (χ3v) is 21.9. The number of alkyl halides is 5. The summed E-state index contributed by atoms with van der Waals surface area (Å²) in [4.78, 5) is 85.9. The molecular formula is C66H80F5N9O10S3. The number of allylic oxidation sites excluding steroid dienone is 2. The number of sulfone groups is 1. The summed E-state index contributed by atoms with van der Waals surface area (Å²) in [5, 5.41) is 7.95. The van der Waals surface area contributed by atoms with Crippen LogP contribution in [0.15, 0.2) is 129 Å². The lowest BCUT2D eigenvalue weighted by molar-refractivity contribution is -0.136. The van der Waals surface area contributed by atoms with Crippen molar-refractivity contribution in [2.75, 3.05) is 93.3 Å². The Labute approximate surface area is 544 Å². The highest BCUT2D eigenvalue weighted by Gasteiger charge is 2.49. The van der Waals surface area contributed by atoms with Gasteiger partial charge in [0.2, 0.25) is 24.1 Å². The van der Waals surface area contributed by atoms with E-state index in [-0.39, 0.29) is 65.8 Å². The van der Waals surface area contributed by atoms with Crippen molar-refractivity contribution in [3.63, 3.8) is 0 Å². The van der Waals surface area contributed by atoms with E-state index in [0.29, 0.717) is 77.0 Å². The van der Waals surface area contributed by atoms with Gasteiger partial charge in [-0.05, 0) is 136 Å². The molecule has 0 aromatic heterocycles. The maximum absolute atomic E-state index is 14.5. The van der Waals surface area contributed by atoms with Crippen LogP contribution in [-0.4, -0.2) is 174 Å². The zero-order valence-corrected chi connectivity index (χ0v) is 54.7. The molecular weight excluding hydrogens is 1270 g/mol. The second-order valence-corrected chi connectivity index (χ2v) is 29.8. The average molecular weight is 1350 g/mol. The number of benzene rings is 4. The first-order chi connectivity index (χ1) is 44.2. The molecule has 19 nitrogen and oxygen atoms in total. The van der Waals surface area contributed by atoms with Crippen molar-refractivity contribution in [1.82, 2.24) is 29.6 Å². The zero-order valence-electron chi connectivity index (χ0n) is 52.2. The Morgan fingerprint density at radius 2 is 1.43 bits per heavy atom. The first-order valence-corrected chi connectivity index (χ1v) is 35.4. The molecule has 1 unspecified atom stereocenters. The summed E-state index contributed by atoms with van der Waals surface area (Å²) in [6.07, 6.45) is 3.84. The summed E-state index contributed by atoms with van der Waals surface area (Å²) in [6.45, 7) is 16.1. The van der Waals surface area contributed by atoms with Crippen molar-refractivity contribution in [3.8, 4) is 0 Å². The number of carbonyl (C=O) groups excluding carboxylic acids is 6. The lowest BCUT2D eigenvalue weighted by atomic mass is 9.72. The van der Waals surface area contributed by atoms with Gasteiger partial charge < -0.3 is 25.3 Å². The van der Waals surface area contributed by atoms with Gasteiger partial charge in [0.1, 0.15) is 10.9 Å². The molecule has 3 fully saturated rings. The van der Waals surface area contributed by atoms with Crippen molar-refractivity contribution < 1.29 is 67.6 Å². The number of nitrogens with zero attached hydrogens (tertiary/aromatic N) is 5. The van der Waals surface area contributed by atoms with E-state index in [1.165, 1.54) is 41.6 Å². The second kappa shape index (κ2) is 30.6. The normalized spacial score (nSPS) is 19.0. The number of hydrogen-bond acceptors (Lipinski definition) is 16. The Balaban J connectivity index is 0.753. The molecule has 4 aromatic carbocycles. The van der Waals surface area contributed by atoms with Gasteiger partial charge in [0, 0.05) is 113 Å². The van der Waals surface area contributed by atoms with Crippen molar-refractivity contribution in [1.29, 1.82) is 0 Å². The van der Waals surface area contributed by atoms with E-state index in [1.54, 1.807) is 18.2 Å². The molecule has 0 radical (unpaired) electrons. The minimum atomic E-state index is -6.16. The van der Waals surface area contributed by atoms with Gasteiger partial charge >= 0.3 is 5.51 Å². The molecule has 502 valence electrons. The average Bonchev–Trinajstić information content (AvgIpc) is 1.75. The van der Waals surface area contributed by atoms with Crippen molar-refractivity contribution >= 4 is 84.1 Å². The number of thioether (sulfide) groups is 1. The quantitative estimate of drug-likeness (QED) is 0.0179. The first kappa shape index (κ1) is 70.3. The highest BCUT2D eigenvalue weighted by atomic mass is 32.2. The van der Waals surface area contributed by atoms with Gasteiger partial charge in [-0.2, -0.15) is 13.2 Å². The molecule has 0 spiro atoms. The molecule has 6 amide bonds. The van der Waals surface area contributed by atoms with E-state index in [2.05, 4.69) is 56.0 Å². The lowest BCUT2D eigenvalue weighted by Gasteiger charge is -2.39. The number of halogens is 5. The molecule has 27 heteroatoms. The Morgan fingerprint density at radius 3 is 2.11 bits per heavy atom. The zero-order chi connectivity index (χ0) is 66.8. The minimum absolute atomic E-state index is 0.00413. The maximum Gasteiger partial charge on any atom is 0.501 e. The van der Waals surface area contributed by atoms with E-state index in [0.717, 1.165) is 96.9 Å². The lowest BCUT2D eigenvalue weighted by Crippen LogP contribution is -2.54. The highest BCUT2D eigenvalue weighted by Crippen LogP contribution is 2.43. The number of piperazine rings is 2. The van der Waals surface area contributed by atoms with Crippen LogP contribution >= 0.6 is 11.8 Å². The molecule has 9 rings (SSSR count). The van der Waals surface area contributed by atoms with Crippen molar-refractivity contribution in [2.24, 2.45) is 5.41 Å². The van der Waals surface area contributed by atoms with Crippen LogP contribution in [0.2, 0.25) is 0 Å². The molecule has 0 bridgehead atoms. The second-order valence-electron chi connectivity index (χ2n) is 25.1. The maximum atomic E-state index is 14.5. The van der Waals surface area contributed by atoms with E-state index >= 15 is 0 Å². The Bertz CT molecular complexity index is 3690. The predicted octanol–water partition coefficient (Wildman–Crippen LogP) is 9.90. The van der Waals surface area contributed by atoms with Crippen LogP contribution in [0.5, 0.6) is 0 Å².